The third-order valence-electron chi connectivity index (χ3n) is 4.20. The maximum absolute atomic E-state index is 12.3. The molecule has 1 aromatic carbocycles. The molecule has 1 amide bonds. The predicted molar refractivity (Wildman–Crippen MR) is 75.8 cm³/mol. The lowest BCUT2D eigenvalue weighted by Crippen LogP contribution is -2.33. The van der Waals surface area contributed by atoms with E-state index in [0.717, 1.165) is 13.1 Å². The Bertz CT molecular complexity index is 527. The van der Waals surface area contributed by atoms with Crippen molar-refractivity contribution in [1.82, 2.24) is 10.6 Å². The van der Waals surface area contributed by atoms with E-state index in [9.17, 15) is 4.79 Å². The van der Waals surface area contributed by atoms with E-state index in [1.807, 2.05) is 12.1 Å². The van der Waals surface area contributed by atoms with Gasteiger partial charge in [0.25, 0.3) is 5.91 Å². The van der Waals surface area contributed by atoms with Gasteiger partial charge in [0.2, 0.25) is 0 Å². The van der Waals surface area contributed by atoms with Crippen LogP contribution in [0.1, 0.15) is 10.4 Å². The van der Waals surface area contributed by atoms with E-state index in [2.05, 4.69) is 10.6 Å². The molecule has 6 heteroatoms. The molecule has 108 valence electrons. The van der Waals surface area contributed by atoms with Crippen LogP contribution < -0.4 is 20.1 Å². The van der Waals surface area contributed by atoms with Crippen LogP contribution in [0.5, 0.6) is 11.5 Å². The lowest BCUT2D eigenvalue weighted by Gasteiger charge is -2.20. The van der Waals surface area contributed by atoms with Crippen molar-refractivity contribution in [2.24, 2.45) is 11.8 Å². The number of hydrogen-bond donors (Lipinski definition) is 2. The molecule has 2 aliphatic heterocycles. The summed E-state index contributed by atoms with van der Waals surface area (Å²) >= 11 is 0. The van der Waals surface area contributed by atoms with Gasteiger partial charge in [0, 0.05) is 19.1 Å². The van der Waals surface area contributed by atoms with Crippen LogP contribution in [0.25, 0.3) is 0 Å². The van der Waals surface area contributed by atoms with E-state index < -0.39 is 0 Å². The summed E-state index contributed by atoms with van der Waals surface area (Å²) in [7, 11) is 0. The summed E-state index contributed by atoms with van der Waals surface area (Å²) in [5.74, 6) is 2.41. The number of halogens is 1. The minimum atomic E-state index is -0.0539. The van der Waals surface area contributed by atoms with Gasteiger partial charge in [-0.1, -0.05) is 6.07 Å². The topological polar surface area (TPSA) is 59.6 Å². The lowest BCUT2D eigenvalue weighted by molar-refractivity contribution is 0.0935. The standard InChI is InChI=1S/C14H16N2O3.ClH/c17-14(16-12-9-6-15-7-10(9)12)8-2-1-3-11-13(8)19-5-4-18-11;/h1-3,9-10,12,15H,4-7H2,(H,16,17);1H. The molecule has 2 N–H and O–H groups in total. The highest BCUT2D eigenvalue weighted by molar-refractivity contribution is 5.98. The summed E-state index contributed by atoms with van der Waals surface area (Å²) in [5, 5.41) is 6.43. The Hall–Kier alpha value is -1.46. The lowest BCUT2D eigenvalue weighted by atomic mass is 10.1. The van der Waals surface area contributed by atoms with Crippen LogP contribution >= 0.6 is 12.4 Å². The summed E-state index contributed by atoms with van der Waals surface area (Å²) in [6.07, 6.45) is 0. The highest BCUT2D eigenvalue weighted by Gasteiger charge is 2.53. The van der Waals surface area contributed by atoms with Crippen molar-refractivity contribution >= 4 is 18.3 Å². The van der Waals surface area contributed by atoms with Gasteiger partial charge in [0.15, 0.2) is 11.5 Å². The van der Waals surface area contributed by atoms with Gasteiger partial charge in [0.05, 0.1) is 5.56 Å². The third kappa shape index (κ3) is 2.11. The van der Waals surface area contributed by atoms with Gasteiger partial charge in [-0.15, -0.1) is 12.4 Å². The molecule has 0 radical (unpaired) electrons. The molecule has 1 saturated heterocycles. The zero-order chi connectivity index (χ0) is 12.8. The highest BCUT2D eigenvalue weighted by Crippen LogP contribution is 2.42. The van der Waals surface area contributed by atoms with E-state index in [4.69, 9.17) is 9.47 Å². The molecular weight excluding hydrogens is 280 g/mol. The van der Waals surface area contributed by atoms with E-state index in [1.165, 1.54) is 0 Å². The van der Waals surface area contributed by atoms with E-state index in [-0.39, 0.29) is 18.3 Å². The maximum atomic E-state index is 12.3. The normalized spacial score (nSPS) is 29.1. The van der Waals surface area contributed by atoms with Crippen LogP contribution in [0.15, 0.2) is 18.2 Å². The van der Waals surface area contributed by atoms with Gasteiger partial charge in [-0.25, -0.2) is 0 Å². The van der Waals surface area contributed by atoms with Gasteiger partial charge >= 0.3 is 0 Å². The van der Waals surface area contributed by atoms with Gasteiger partial charge in [-0.2, -0.15) is 0 Å². The Morgan fingerprint density at radius 2 is 1.95 bits per heavy atom. The van der Waals surface area contributed by atoms with E-state index in [0.29, 0.717) is 48.2 Å². The second-order valence-corrected chi connectivity index (χ2v) is 5.31. The number of nitrogens with one attached hydrogen (secondary N) is 2. The molecule has 1 aromatic rings. The number of ether oxygens (including phenoxy) is 2. The molecule has 1 saturated carbocycles. The second kappa shape index (κ2) is 5.14. The molecule has 2 atom stereocenters. The van der Waals surface area contributed by atoms with Crippen LogP contribution in [0.3, 0.4) is 0 Å². The summed E-state index contributed by atoms with van der Waals surface area (Å²) in [6, 6.07) is 5.78. The first-order valence-electron chi connectivity index (χ1n) is 6.75. The van der Waals surface area contributed by atoms with Crippen molar-refractivity contribution in [3.8, 4) is 11.5 Å². The monoisotopic (exact) mass is 296 g/mol. The van der Waals surface area contributed by atoms with Gasteiger partial charge in [0.1, 0.15) is 13.2 Å². The average molecular weight is 297 g/mol. The van der Waals surface area contributed by atoms with Gasteiger partial charge in [-0.05, 0) is 24.0 Å². The summed E-state index contributed by atoms with van der Waals surface area (Å²) in [5.41, 5.74) is 0.579. The number of para-hydroxylation sites is 1. The zero-order valence-corrected chi connectivity index (χ0v) is 11.7. The molecule has 2 heterocycles. The molecular formula is C14H17ClN2O3. The molecule has 2 unspecified atom stereocenters. The van der Waals surface area contributed by atoms with E-state index >= 15 is 0 Å². The Labute approximate surface area is 123 Å². The van der Waals surface area contributed by atoms with Crippen LogP contribution in [-0.2, 0) is 0 Å². The van der Waals surface area contributed by atoms with Crippen LogP contribution in [0, 0.1) is 11.8 Å². The molecule has 2 fully saturated rings. The fourth-order valence-electron chi connectivity index (χ4n) is 3.11. The average Bonchev–Trinajstić information content (AvgIpc) is 2.88. The Kier molecular flexibility index (Phi) is 3.48. The smallest absolute Gasteiger partial charge is 0.255 e. The number of fused-ring (bicyclic) bond motifs is 2. The predicted octanol–water partition coefficient (Wildman–Crippen LogP) is 0.827. The molecule has 20 heavy (non-hydrogen) atoms. The molecule has 5 nitrogen and oxygen atoms in total. The Morgan fingerprint density at radius 3 is 2.75 bits per heavy atom. The third-order valence-corrected chi connectivity index (χ3v) is 4.20. The van der Waals surface area contributed by atoms with Crippen molar-refractivity contribution < 1.29 is 14.3 Å². The van der Waals surface area contributed by atoms with Crippen LogP contribution in [-0.4, -0.2) is 38.3 Å². The second-order valence-electron chi connectivity index (χ2n) is 5.31. The SMILES string of the molecule is Cl.O=C(NC1C2CNCC21)c1cccc2c1OCCO2. The largest absolute Gasteiger partial charge is 0.486 e. The van der Waals surface area contributed by atoms with Crippen molar-refractivity contribution in [2.75, 3.05) is 26.3 Å². The number of hydrogen-bond acceptors (Lipinski definition) is 4. The Balaban J connectivity index is 0.00000121. The van der Waals surface area contributed by atoms with Crippen molar-refractivity contribution in [3.05, 3.63) is 23.8 Å². The molecule has 0 aromatic heterocycles. The van der Waals surface area contributed by atoms with E-state index in [1.54, 1.807) is 6.07 Å². The first-order valence-corrected chi connectivity index (χ1v) is 6.75. The summed E-state index contributed by atoms with van der Waals surface area (Å²) in [4.78, 5) is 12.3. The molecule has 3 aliphatic rings. The summed E-state index contributed by atoms with van der Waals surface area (Å²) in [6.45, 7) is 3.07. The quantitative estimate of drug-likeness (QED) is 0.849. The fourth-order valence-corrected chi connectivity index (χ4v) is 3.11. The summed E-state index contributed by atoms with van der Waals surface area (Å²) < 4.78 is 11.1. The minimum absolute atomic E-state index is 0. The Morgan fingerprint density at radius 1 is 1.20 bits per heavy atom. The minimum Gasteiger partial charge on any atom is -0.486 e. The first-order chi connectivity index (χ1) is 9.34. The number of carbonyl (C=O) groups is 1. The van der Waals surface area contributed by atoms with Gasteiger partial charge < -0.3 is 20.1 Å². The number of piperidine rings is 1. The van der Waals surface area contributed by atoms with Crippen molar-refractivity contribution in [2.45, 2.75) is 6.04 Å². The van der Waals surface area contributed by atoms with Gasteiger partial charge in [-0.3, -0.25) is 4.79 Å². The maximum Gasteiger partial charge on any atom is 0.255 e. The molecule has 0 bridgehead atoms. The number of rotatable bonds is 2. The molecule has 0 spiro atoms. The first kappa shape index (κ1) is 13.5. The highest BCUT2D eigenvalue weighted by atomic mass is 35.5. The van der Waals surface area contributed by atoms with Crippen LogP contribution in [0.2, 0.25) is 0 Å². The number of carbonyl (C=O) groups excluding carboxylic acids is 1. The van der Waals surface area contributed by atoms with Crippen molar-refractivity contribution in [1.29, 1.82) is 0 Å². The number of benzene rings is 1. The molecule has 1 aliphatic carbocycles. The fraction of sp³-hybridized carbons (Fsp3) is 0.500. The molecule has 4 rings (SSSR count). The number of amides is 1. The van der Waals surface area contributed by atoms with Crippen LogP contribution in [0.4, 0.5) is 0 Å². The van der Waals surface area contributed by atoms with Crippen molar-refractivity contribution in [3.63, 3.8) is 0 Å². The zero-order valence-electron chi connectivity index (χ0n) is 10.9.